The van der Waals surface area contributed by atoms with Gasteiger partial charge in [0.05, 0.1) is 0 Å². The van der Waals surface area contributed by atoms with Crippen LogP contribution in [0.3, 0.4) is 0 Å². The first-order valence-electron chi connectivity index (χ1n) is 3.66. The van der Waals surface area contributed by atoms with Gasteiger partial charge in [-0.15, -0.1) is 11.6 Å². The van der Waals surface area contributed by atoms with Crippen molar-refractivity contribution in [2.75, 3.05) is 5.88 Å². The second-order valence-corrected chi connectivity index (χ2v) is 2.65. The van der Waals surface area contributed by atoms with Crippen LogP contribution in [0.1, 0.15) is 12.1 Å². The van der Waals surface area contributed by atoms with Crippen LogP contribution in [-0.4, -0.2) is 20.8 Å². The molecule has 0 aliphatic carbocycles. The van der Waals surface area contributed by atoms with Crippen LogP contribution in [0, 0.1) is 10.1 Å². The number of imidazole rings is 1. The molecule has 5 nitrogen and oxygen atoms in total. The van der Waals surface area contributed by atoms with Crippen molar-refractivity contribution in [2.45, 2.75) is 6.42 Å². The Hall–Kier alpha value is -1.36. The molecule has 0 aromatic carbocycles. The average Bonchev–Trinajstić information content (AvgIpc) is 2.53. The Morgan fingerprint density at radius 2 is 2.54 bits per heavy atom. The lowest BCUT2D eigenvalue weighted by molar-refractivity contribution is -0.389. The number of nitro groups is 1. The summed E-state index contributed by atoms with van der Waals surface area (Å²) < 4.78 is 0. The molecule has 0 atom stereocenters. The Kier molecular flexibility index (Phi) is 3.45. The number of aromatic amines is 1. The second kappa shape index (κ2) is 4.61. The molecule has 0 unspecified atom stereocenters. The fourth-order valence-electron chi connectivity index (χ4n) is 0.824. The van der Waals surface area contributed by atoms with E-state index in [9.17, 15) is 10.1 Å². The standard InChI is InChI=1S/C7H8ClN3O2/c8-4-2-1-3-6-7(11(12)13)10-5-9-6/h1,3,5H,2,4H2,(H,9,10). The van der Waals surface area contributed by atoms with E-state index in [1.54, 1.807) is 12.2 Å². The predicted molar refractivity (Wildman–Crippen MR) is 49.6 cm³/mol. The number of allylic oxidation sites excluding steroid dienone is 1. The molecule has 1 heterocycles. The van der Waals surface area contributed by atoms with Gasteiger partial charge in [0.15, 0.2) is 12.0 Å². The zero-order chi connectivity index (χ0) is 9.68. The van der Waals surface area contributed by atoms with Crippen molar-refractivity contribution >= 4 is 23.5 Å². The van der Waals surface area contributed by atoms with E-state index in [1.807, 2.05) is 0 Å². The van der Waals surface area contributed by atoms with Gasteiger partial charge in [0.2, 0.25) is 0 Å². The SMILES string of the molecule is O=[N+]([O-])c1[nH]cnc1C=CCCCl. The minimum absolute atomic E-state index is 0.0918. The topological polar surface area (TPSA) is 71.8 Å². The third-order valence-corrected chi connectivity index (χ3v) is 1.60. The molecule has 0 aliphatic rings. The molecule has 1 rings (SSSR count). The normalized spacial score (nSPS) is 10.8. The summed E-state index contributed by atoms with van der Waals surface area (Å²) in [6.07, 6.45) is 5.29. The molecule has 13 heavy (non-hydrogen) atoms. The summed E-state index contributed by atoms with van der Waals surface area (Å²) in [5, 5.41) is 10.4. The van der Waals surface area contributed by atoms with Crippen LogP contribution in [0.2, 0.25) is 0 Å². The molecule has 0 fully saturated rings. The minimum Gasteiger partial charge on any atom is -0.358 e. The summed E-state index contributed by atoms with van der Waals surface area (Å²) in [5.74, 6) is 0.403. The lowest BCUT2D eigenvalue weighted by Crippen LogP contribution is -1.89. The van der Waals surface area contributed by atoms with Gasteiger partial charge in [0.25, 0.3) is 0 Å². The first-order valence-corrected chi connectivity index (χ1v) is 4.19. The van der Waals surface area contributed by atoms with Crippen molar-refractivity contribution in [1.29, 1.82) is 0 Å². The van der Waals surface area contributed by atoms with E-state index in [4.69, 9.17) is 11.6 Å². The van der Waals surface area contributed by atoms with Gasteiger partial charge in [0.1, 0.15) is 0 Å². The van der Waals surface area contributed by atoms with Crippen molar-refractivity contribution < 1.29 is 4.92 Å². The van der Waals surface area contributed by atoms with Crippen LogP contribution in [0.5, 0.6) is 0 Å². The van der Waals surface area contributed by atoms with Crippen molar-refractivity contribution in [3.63, 3.8) is 0 Å². The number of alkyl halides is 1. The van der Waals surface area contributed by atoms with Crippen LogP contribution < -0.4 is 0 Å². The average molecular weight is 202 g/mol. The molecule has 1 N–H and O–H groups in total. The predicted octanol–water partition coefficient (Wildman–Crippen LogP) is 1.96. The van der Waals surface area contributed by atoms with Crippen LogP contribution in [0.25, 0.3) is 6.08 Å². The monoisotopic (exact) mass is 201 g/mol. The highest BCUT2D eigenvalue weighted by atomic mass is 35.5. The van der Waals surface area contributed by atoms with Crippen LogP contribution >= 0.6 is 11.6 Å². The van der Waals surface area contributed by atoms with Gasteiger partial charge >= 0.3 is 5.82 Å². The quantitative estimate of drug-likeness (QED) is 0.460. The van der Waals surface area contributed by atoms with Crippen molar-refractivity contribution in [2.24, 2.45) is 0 Å². The van der Waals surface area contributed by atoms with Gasteiger partial charge in [-0.05, 0) is 17.4 Å². The maximum Gasteiger partial charge on any atom is 0.347 e. The second-order valence-electron chi connectivity index (χ2n) is 2.27. The van der Waals surface area contributed by atoms with Gasteiger partial charge in [-0.25, -0.2) is 9.97 Å². The van der Waals surface area contributed by atoms with E-state index in [0.29, 0.717) is 18.0 Å². The maximum atomic E-state index is 10.4. The van der Waals surface area contributed by atoms with Gasteiger partial charge in [-0.1, -0.05) is 6.08 Å². The smallest absolute Gasteiger partial charge is 0.347 e. The number of aromatic nitrogens is 2. The minimum atomic E-state index is -0.507. The summed E-state index contributed by atoms with van der Waals surface area (Å²) >= 11 is 5.43. The summed E-state index contributed by atoms with van der Waals surface area (Å²) in [4.78, 5) is 16.1. The van der Waals surface area contributed by atoms with E-state index in [1.165, 1.54) is 6.33 Å². The molecule has 0 saturated heterocycles. The number of H-pyrrole nitrogens is 1. The number of nitrogens with one attached hydrogen (secondary N) is 1. The molecule has 0 radical (unpaired) electrons. The van der Waals surface area contributed by atoms with Gasteiger partial charge < -0.3 is 10.1 Å². The Morgan fingerprint density at radius 1 is 1.77 bits per heavy atom. The fraction of sp³-hybridized carbons (Fsp3) is 0.286. The molecular weight excluding hydrogens is 194 g/mol. The summed E-state index contributed by atoms with van der Waals surface area (Å²) in [7, 11) is 0. The van der Waals surface area contributed by atoms with Crippen molar-refractivity contribution in [3.8, 4) is 0 Å². The zero-order valence-electron chi connectivity index (χ0n) is 6.74. The third-order valence-electron chi connectivity index (χ3n) is 1.38. The Labute approximate surface area is 79.6 Å². The molecule has 70 valence electrons. The van der Waals surface area contributed by atoms with Gasteiger partial charge in [-0.3, -0.25) is 0 Å². The number of hydrogen-bond acceptors (Lipinski definition) is 3. The number of rotatable bonds is 4. The number of hydrogen-bond donors (Lipinski definition) is 1. The van der Waals surface area contributed by atoms with Crippen LogP contribution in [0.4, 0.5) is 5.82 Å². The van der Waals surface area contributed by atoms with E-state index >= 15 is 0 Å². The molecular formula is C7H8ClN3O2. The maximum absolute atomic E-state index is 10.4. The van der Waals surface area contributed by atoms with Crippen LogP contribution in [0.15, 0.2) is 12.4 Å². The van der Waals surface area contributed by atoms with E-state index in [0.717, 1.165) is 0 Å². The molecule has 1 aromatic heterocycles. The highest BCUT2D eigenvalue weighted by Crippen LogP contribution is 2.13. The number of nitrogens with zero attached hydrogens (tertiary/aromatic N) is 2. The Balaban J connectivity index is 2.76. The fourth-order valence-corrected chi connectivity index (χ4v) is 0.950. The Bertz CT molecular complexity index is 321. The molecule has 0 aliphatic heterocycles. The molecule has 0 spiro atoms. The lowest BCUT2D eigenvalue weighted by Gasteiger charge is -1.90. The van der Waals surface area contributed by atoms with E-state index in [2.05, 4.69) is 9.97 Å². The highest BCUT2D eigenvalue weighted by molar-refractivity contribution is 6.17. The summed E-state index contributed by atoms with van der Waals surface area (Å²) in [6, 6.07) is 0. The lowest BCUT2D eigenvalue weighted by atomic mass is 10.3. The highest BCUT2D eigenvalue weighted by Gasteiger charge is 2.11. The summed E-state index contributed by atoms with van der Waals surface area (Å²) in [6.45, 7) is 0. The van der Waals surface area contributed by atoms with E-state index in [-0.39, 0.29) is 5.82 Å². The largest absolute Gasteiger partial charge is 0.358 e. The first-order chi connectivity index (χ1) is 6.25. The van der Waals surface area contributed by atoms with Crippen molar-refractivity contribution in [3.05, 3.63) is 28.2 Å². The molecule has 0 saturated carbocycles. The molecule has 1 aromatic rings. The summed E-state index contributed by atoms with van der Waals surface area (Å²) in [5.41, 5.74) is 0.329. The first kappa shape index (κ1) is 9.73. The zero-order valence-corrected chi connectivity index (χ0v) is 7.49. The van der Waals surface area contributed by atoms with Crippen molar-refractivity contribution in [1.82, 2.24) is 9.97 Å². The Morgan fingerprint density at radius 3 is 3.15 bits per heavy atom. The number of halogens is 1. The molecule has 6 heteroatoms. The van der Waals surface area contributed by atoms with Gasteiger partial charge in [0, 0.05) is 5.88 Å². The molecule has 0 amide bonds. The van der Waals surface area contributed by atoms with Crippen LogP contribution in [-0.2, 0) is 0 Å². The third kappa shape index (κ3) is 2.55. The van der Waals surface area contributed by atoms with Gasteiger partial charge in [-0.2, -0.15) is 0 Å². The molecule has 0 bridgehead atoms. The van der Waals surface area contributed by atoms with E-state index < -0.39 is 4.92 Å².